The summed E-state index contributed by atoms with van der Waals surface area (Å²) in [5.41, 5.74) is 6.92. The van der Waals surface area contributed by atoms with Gasteiger partial charge in [0.05, 0.1) is 5.69 Å². The Balaban J connectivity index is 1.63. The van der Waals surface area contributed by atoms with Crippen molar-refractivity contribution in [3.63, 3.8) is 0 Å². The molecule has 2 N–H and O–H groups in total. The summed E-state index contributed by atoms with van der Waals surface area (Å²) < 4.78 is 0. The molecule has 0 bridgehead atoms. The van der Waals surface area contributed by atoms with Crippen LogP contribution in [0.5, 0.6) is 0 Å². The first-order chi connectivity index (χ1) is 13.5. The van der Waals surface area contributed by atoms with Gasteiger partial charge in [0.2, 0.25) is 5.91 Å². The molecule has 1 aliphatic carbocycles. The largest absolute Gasteiger partial charge is 0.353 e. The van der Waals surface area contributed by atoms with Gasteiger partial charge in [-0.05, 0) is 48.3 Å². The molecule has 4 rings (SSSR count). The number of benzene rings is 1. The van der Waals surface area contributed by atoms with Crippen molar-refractivity contribution in [3.05, 3.63) is 35.5 Å². The van der Waals surface area contributed by atoms with Gasteiger partial charge in [-0.2, -0.15) is 5.10 Å². The number of hydrogen-bond donors (Lipinski definition) is 2. The number of hydrogen-bond acceptors (Lipinski definition) is 2. The molecule has 1 amide bonds. The summed E-state index contributed by atoms with van der Waals surface area (Å²) in [5.74, 6) is 0.132. The van der Waals surface area contributed by atoms with Gasteiger partial charge in [-0.15, -0.1) is 0 Å². The number of carbonyl (C=O) groups is 1. The van der Waals surface area contributed by atoms with Gasteiger partial charge in [0.1, 0.15) is 5.69 Å². The molecular formula is C24H32N4O. The van der Waals surface area contributed by atoms with E-state index in [4.69, 9.17) is 0 Å². The van der Waals surface area contributed by atoms with Gasteiger partial charge in [0.15, 0.2) is 0 Å². The van der Waals surface area contributed by atoms with Crippen LogP contribution in [0.25, 0.3) is 22.3 Å². The minimum absolute atomic E-state index is 0.0251. The predicted octanol–water partition coefficient (Wildman–Crippen LogP) is 5.47. The van der Waals surface area contributed by atoms with Crippen molar-refractivity contribution in [2.75, 3.05) is 11.9 Å². The Labute approximate surface area is 172 Å². The summed E-state index contributed by atoms with van der Waals surface area (Å²) in [7, 11) is 1.85. The Bertz CT molecular complexity index is 1060. The second-order valence-corrected chi connectivity index (χ2v) is 10.5. The van der Waals surface area contributed by atoms with Gasteiger partial charge in [-0.25, -0.2) is 0 Å². The average molecular weight is 393 g/mol. The molecular weight excluding hydrogens is 360 g/mol. The monoisotopic (exact) mass is 392 g/mol. The third-order valence-corrected chi connectivity index (χ3v) is 5.96. The number of aromatic nitrogens is 3. The molecule has 0 aliphatic heterocycles. The van der Waals surface area contributed by atoms with E-state index in [0.29, 0.717) is 11.8 Å². The van der Waals surface area contributed by atoms with Gasteiger partial charge in [0.25, 0.3) is 0 Å². The van der Waals surface area contributed by atoms with E-state index in [0.717, 1.165) is 40.8 Å². The highest BCUT2D eigenvalue weighted by Crippen LogP contribution is 2.38. The zero-order valence-corrected chi connectivity index (χ0v) is 18.4. The summed E-state index contributed by atoms with van der Waals surface area (Å²) in [6, 6.07) is 8.31. The number of rotatable bonds is 3. The van der Waals surface area contributed by atoms with Crippen molar-refractivity contribution in [2.45, 2.75) is 60.3 Å². The lowest BCUT2D eigenvalue weighted by molar-refractivity contribution is -0.120. The molecule has 0 atom stereocenters. The van der Waals surface area contributed by atoms with E-state index in [2.05, 4.69) is 68.0 Å². The third-order valence-electron chi connectivity index (χ3n) is 5.96. The summed E-state index contributed by atoms with van der Waals surface area (Å²) >= 11 is 0. The maximum absolute atomic E-state index is 12.6. The summed E-state index contributed by atoms with van der Waals surface area (Å²) in [6.45, 7) is 10.9. The minimum Gasteiger partial charge on any atom is -0.353 e. The number of nitrogens with zero attached hydrogens (tertiary/aromatic N) is 2. The van der Waals surface area contributed by atoms with E-state index < -0.39 is 0 Å². The molecule has 0 unspecified atom stereocenters. The molecule has 0 radical (unpaired) electrons. The lowest BCUT2D eigenvalue weighted by atomic mass is 9.76. The molecule has 0 saturated carbocycles. The first-order valence-corrected chi connectivity index (χ1v) is 10.5. The average Bonchev–Trinajstić information content (AvgIpc) is 3.20. The predicted molar refractivity (Wildman–Crippen MR) is 119 cm³/mol. The molecule has 29 heavy (non-hydrogen) atoms. The zero-order valence-electron chi connectivity index (χ0n) is 18.4. The van der Waals surface area contributed by atoms with Gasteiger partial charge >= 0.3 is 0 Å². The molecule has 154 valence electrons. The van der Waals surface area contributed by atoms with E-state index in [1.165, 1.54) is 17.7 Å². The first-order valence-electron chi connectivity index (χ1n) is 10.5. The molecule has 1 aromatic carbocycles. The van der Waals surface area contributed by atoms with Crippen molar-refractivity contribution in [2.24, 2.45) is 10.8 Å². The van der Waals surface area contributed by atoms with Crippen LogP contribution < -0.4 is 4.90 Å². The van der Waals surface area contributed by atoms with Gasteiger partial charge in [-0.3, -0.25) is 9.89 Å². The number of nitrogens with one attached hydrogen (secondary N) is 2. The van der Waals surface area contributed by atoms with Crippen molar-refractivity contribution < 1.29 is 4.79 Å². The molecule has 2 heterocycles. The fourth-order valence-electron chi connectivity index (χ4n) is 4.24. The van der Waals surface area contributed by atoms with Crippen molar-refractivity contribution in [1.82, 2.24) is 15.2 Å². The molecule has 2 aromatic heterocycles. The van der Waals surface area contributed by atoms with Crippen LogP contribution in [-0.2, 0) is 17.6 Å². The van der Waals surface area contributed by atoms with Crippen LogP contribution in [0.15, 0.2) is 24.3 Å². The third kappa shape index (κ3) is 3.96. The Kier molecular flexibility index (Phi) is 4.60. The quantitative estimate of drug-likeness (QED) is 0.620. The summed E-state index contributed by atoms with van der Waals surface area (Å²) in [4.78, 5) is 17.9. The van der Waals surface area contributed by atoms with E-state index in [-0.39, 0.29) is 11.3 Å². The van der Waals surface area contributed by atoms with Crippen LogP contribution in [-0.4, -0.2) is 28.1 Å². The highest BCUT2D eigenvalue weighted by Gasteiger charge is 2.29. The lowest BCUT2D eigenvalue weighted by Crippen LogP contribution is -2.29. The fraction of sp³-hybridized carbons (Fsp3) is 0.500. The van der Waals surface area contributed by atoms with Crippen molar-refractivity contribution in [1.29, 1.82) is 0 Å². The lowest BCUT2D eigenvalue weighted by Gasteiger charge is -2.28. The smallest absolute Gasteiger partial charge is 0.227 e. The highest BCUT2D eigenvalue weighted by atomic mass is 16.2. The van der Waals surface area contributed by atoms with Crippen LogP contribution in [0.2, 0.25) is 0 Å². The number of carbonyl (C=O) groups excluding carboxylic acids is 1. The fourth-order valence-corrected chi connectivity index (χ4v) is 4.24. The molecule has 5 nitrogen and oxygen atoms in total. The molecule has 5 heteroatoms. The molecule has 0 spiro atoms. The van der Waals surface area contributed by atoms with Gasteiger partial charge in [-0.1, -0.05) is 40.7 Å². The second kappa shape index (κ2) is 6.75. The maximum Gasteiger partial charge on any atom is 0.227 e. The topological polar surface area (TPSA) is 64.8 Å². The van der Waals surface area contributed by atoms with Crippen LogP contribution in [0, 0.1) is 10.8 Å². The minimum atomic E-state index is -0.0251. The van der Waals surface area contributed by atoms with Crippen molar-refractivity contribution >= 4 is 22.5 Å². The maximum atomic E-state index is 12.6. The normalized spacial score (nSPS) is 16.1. The SMILES string of the molecule is CN(C(=O)CC(C)(C)C)c1ccc2cc(-c3n[nH]c4c3CCC(C)(C)C4)[nH]c2c1. The molecule has 0 saturated heterocycles. The number of fused-ring (bicyclic) bond motifs is 2. The van der Waals surface area contributed by atoms with Crippen LogP contribution >= 0.6 is 0 Å². The van der Waals surface area contributed by atoms with Crippen LogP contribution in [0.1, 0.15) is 58.7 Å². The van der Waals surface area contributed by atoms with E-state index in [1.807, 2.05) is 13.1 Å². The standard InChI is InChI=1S/C24H32N4O/c1-23(2,3)14-21(29)28(6)16-8-7-15-11-19(25-18(15)12-16)22-17-9-10-24(4,5)13-20(17)26-27-22/h7-8,11-12,25H,9-10,13-14H2,1-6H3,(H,26,27). The second-order valence-electron chi connectivity index (χ2n) is 10.5. The Morgan fingerprint density at radius 1 is 1.24 bits per heavy atom. The zero-order chi connectivity index (χ0) is 21.0. The molecule has 3 aromatic rings. The number of aromatic amines is 2. The number of amides is 1. The Hall–Kier alpha value is -2.56. The number of anilines is 1. The highest BCUT2D eigenvalue weighted by molar-refractivity contribution is 5.96. The van der Waals surface area contributed by atoms with Crippen molar-refractivity contribution in [3.8, 4) is 11.4 Å². The number of H-pyrrole nitrogens is 2. The molecule has 0 fully saturated rings. The summed E-state index contributed by atoms with van der Waals surface area (Å²) in [5, 5.41) is 9.03. The Morgan fingerprint density at radius 2 is 2.00 bits per heavy atom. The molecule has 1 aliphatic rings. The van der Waals surface area contributed by atoms with Gasteiger partial charge in [0, 0.05) is 41.3 Å². The first kappa shape index (κ1) is 19.7. The van der Waals surface area contributed by atoms with Gasteiger partial charge < -0.3 is 9.88 Å². The van der Waals surface area contributed by atoms with E-state index >= 15 is 0 Å². The van der Waals surface area contributed by atoms with Crippen LogP contribution in [0.3, 0.4) is 0 Å². The van der Waals surface area contributed by atoms with E-state index in [1.54, 1.807) is 4.90 Å². The summed E-state index contributed by atoms with van der Waals surface area (Å²) in [6.07, 6.45) is 3.80. The van der Waals surface area contributed by atoms with Crippen LogP contribution in [0.4, 0.5) is 5.69 Å². The Morgan fingerprint density at radius 3 is 2.72 bits per heavy atom. The van der Waals surface area contributed by atoms with E-state index in [9.17, 15) is 4.79 Å².